The molecule has 150 valence electrons. The van der Waals surface area contributed by atoms with Gasteiger partial charge in [0.25, 0.3) is 0 Å². The number of rotatable bonds is 4. The number of anilines is 1. The van der Waals surface area contributed by atoms with Crippen molar-refractivity contribution >= 4 is 39.2 Å². The van der Waals surface area contributed by atoms with Gasteiger partial charge in [-0.15, -0.1) is 11.3 Å². The Bertz CT molecular complexity index is 1080. The van der Waals surface area contributed by atoms with Gasteiger partial charge >= 0.3 is 0 Å². The maximum atomic E-state index is 12.8. The van der Waals surface area contributed by atoms with Crippen LogP contribution in [0.2, 0.25) is 0 Å². The molecule has 1 saturated heterocycles. The number of H-pyrrole nitrogens is 1. The van der Waals surface area contributed by atoms with Gasteiger partial charge in [-0.05, 0) is 25.8 Å². The third-order valence-corrected chi connectivity index (χ3v) is 6.94. The first-order chi connectivity index (χ1) is 14.1. The first kappa shape index (κ1) is 18.4. The number of para-hydroxylation sites is 1. The number of aromatic nitrogens is 2. The van der Waals surface area contributed by atoms with Gasteiger partial charge in [0.1, 0.15) is 0 Å². The van der Waals surface area contributed by atoms with Crippen molar-refractivity contribution in [3.63, 3.8) is 0 Å². The highest BCUT2D eigenvalue weighted by Gasteiger charge is 2.38. The van der Waals surface area contributed by atoms with E-state index in [9.17, 15) is 9.59 Å². The molecule has 29 heavy (non-hydrogen) atoms. The Balaban J connectivity index is 1.31. The number of fused-ring (bicyclic) bond motifs is 1. The van der Waals surface area contributed by atoms with Gasteiger partial charge in [-0.25, -0.2) is 4.98 Å². The molecule has 3 aromatic rings. The second-order valence-corrected chi connectivity index (χ2v) is 8.94. The van der Waals surface area contributed by atoms with Crippen molar-refractivity contribution in [1.29, 1.82) is 0 Å². The summed E-state index contributed by atoms with van der Waals surface area (Å²) in [4.78, 5) is 35.1. The van der Waals surface area contributed by atoms with Gasteiger partial charge in [-0.1, -0.05) is 31.0 Å². The van der Waals surface area contributed by atoms with Gasteiger partial charge in [0.2, 0.25) is 11.8 Å². The highest BCUT2D eigenvalue weighted by Crippen LogP contribution is 2.34. The molecule has 2 fully saturated rings. The minimum absolute atomic E-state index is 0.101. The largest absolute Gasteiger partial charge is 0.358 e. The summed E-state index contributed by atoms with van der Waals surface area (Å²) < 4.78 is 0. The SMILES string of the molecule is Cc1[nH]c2ccccc2c1-c1csc(NC(=O)C2CC(=O)N(C3CCCC3)C2)n1. The van der Waals surface area contributed by atoms with Crippen molar-refractivity contribution in [2.45, 2.75) is 45.1 Å². The van der Waals surface area contributed by atoms with Gasteiger partial charge in [0.05, 0.1) is 11.6 Å². The monoisotopic (exact) mass is 408 g/mol. The molecular weight excluding hydrogens is 384 g/mol. The summed E-state index contributed by atoms with van der Waals surface area (Å²) in [5.41, 5.74) is 4.06. The van der Waals surface area contributed by atoms with Gasteiger partial charge in [-0.3, -0.25) is 9.59 Å². The van der Waals surface area contributed by atoms with Crippen molar-refractivity contribution in [1.82, 2.24) is 14.9 Å². The van der Waals surface area contributed by atoms with Crippen LogP contribution in [-0.4, -0.2) is 39.3 Å². The Morgan fingerprint density at radius 1 is 1.28 bits per heavy atom. The molecule has 2 amide bonds. The molecule has 2 aliphatic rings. The lowest BCUT2D eigenvalue weighted by atomic mass is 10.1. The molecule has 7 heteroatoms. The summed E-state index contributed by atoms with van der Waals surface area (Å²) in [5, 5.41) is 6.63. The van der Waals surface area contributed by atoms with Crippen LogP contribution >= 0.6 is 11.3 Å². The Labute approximate surface area is 173 Å². The summed E-state index contributed by atoms with van der Waals surface area (Å²) in [6, 6.07) is 8.48. The molecule has 1 aromatic carbocycles. The van der Waals surface area contributed by atoms with E-state index in [0.29, 0.717) is 24.1 Å². The zero-order valence-corrected chi connectivity index (χ0v) is 17.2. The number of carbonyl (C=O) groups is 2. The minimum Gasteiger partial charge on any atom is -0.358 e. The molecule has 1 aliphatic heterocycles. The molecule has 3 heterocycles. The van der Waals surface area contributed by atoms with E-state index in [4.69, 9.17) is 0 Å². The van der Waals surface area contributed by atoms with Crippen molar-refractivity contribution in [2.75, 3.05) is 11.9 Å². The number of hydrogen-bond acceptors (Lipinski definition) is 4. The smallest absolute Gasteiger partial charge is 0.231 e. The number of hydrogen-bond donors (Lipinski definition) is 2. The van der Waals surface area contributed by atoms with E-state index >= 15 is 0 Å². The third-order valence-electron chi connectivity index (χ3n) is 6.18. The Hall–Kier alpha value is -2.67. The van der Waals surface area contributed by atoms with Crippen LogP contribution in [0.3, 0.4) is 0 Å². The van der Waals surface area contributed by atoms with Crippen LogP contribution in [0.1, 0.15) is 37.8 Å². The number of nitrogens with one attached hydrogen (secondary N) is 2. The fourth-order valence-corrected chi connectivity index (χ4v) is 5.44. The molecule has 2 N–H and O–H groups in total. The van der Waals surface area contributed by atoms with Crippen LogP contribution in [0.5, 0.6) is 0 Å². The van der Waals surface area contributed by atoms with E-state index in [2.05, 4.69) is 21.4 Å². The van der Waals surface area contributed by atoms with Crippen molar-refractivity contribution in [3.8, 4) is 11.3 Å². The first-order valence-electron chi connectivity index (χ1n) is 10.2. The number of carbonyl (C=O) groups excluding carboxylic acids is 2. The average Bonchev–Trinajstić information content (AvgIpc) is 3.47. The standard InChI is InChI=1S/C22H24N4O2S/c1-13-20(16-8-4-5-9-17(16)23-13)18-12-29-22(24-18)25-21(28)14-10-19(27)26(11-14)15-6-2-3-7-15/h4-5,8-9,12,14-15,23H,2-3,6-7,10-11H2,1H3,(H,24,25,28). The molecule has 5 rings (SSSR count). The number of amides is 2. The quantitative estimate of drug-likeness (QED) is 0.674. The van der Waals surface area contributed by atoms with Crippen molar-refractivity contribution in [3.05, 3.63) is 35.3 Å². The molecular formula is C22H24N4O2S. The summed E-state index contributed by atoms with van der Waals surface area (Å²) in [7, 11) is 0. The first-order valence-corrected chi connectivity index (χ1v) is 11.1. The highest BCUT2D eigenvalue weighted by atomic mass is 32.1. The van der Waals surface area contributed by atoms with Crippen molar-refractivity contribution in [2.24, 2.45) is 5.92 Å². The van der Waals surface area contributed by atoms with E-state index in [-0.39, 0.29) is 17.7 Å². The summed E-state index contributed by atoms with van der Waals surface area (Å²) in [6.07, 6.45) is 4.81. The highest BCUT2D eigenvalue weighted by molar-refractivity contribution is 7.14. The second kappa shape index (κ2) is 7.30. The molecule has 1 unspecified atom stereocenters. The van der Waals surface area contributed by atoms with E-state index in [1.807, 2.05) is 35.4 Å². The van der Waals surface area contributed by atoms with Crippen LogP contribution in [0.25, 0.3) is 22.2 Å². The number of aryl methyl sites for hydroxylation is 1. The summed E-state index contributed by atoms with van der Waals surface area (Å²) in [5.74, 6) is -0.271. The lowest BCUT2D eigenvalue weighted by Gasteiger charge is -2.23. The number of benzene rings is 1. The molecule has 1 atom stereocenters. The maximum Gasteiger partial charge on any atom is 0.231 e. The maximum absolute atomic E-state index is 12.8. The van der Waals surface area contributed by atoms with E-state index in [1.165, 1.54) is 24.2 Å². The lowest BCUT2D eigenvalue weighted by molar-refractivity contribution is -0.129. The molecule has 0 radical (unpaired) electrons. The van der Waals surface area contributed by atoms with Crippen LogP contribution in [0, 0.1) is 12.8 Å². The van der Waals surface area contributed by atoms with Gasteiger partial charge < -0.3 is 15.2 Å². The van der Waals surface area contributed by atoms with Crippen LogP contribution in [-0.2, 0) is 9.59 Å². The number of likely N-dealkylation sites (tertiary alicyclic amines) is 1. The normalized spacial score (nSPS) is 20.1. The lowest BCUT2D eigenvalue weighted by Crippen LogP contribution is -2.35. The number of nitrogens with zero attached hydrogens (tertiary/aromatic N) is 2. The molecule has 0 bridgehead atoms. The summed E-state index contributed by atoms with van der Waals surface area (Å²) >= 11 is 1.42. The zero-order chi connectivity index (χ0) is 20.0. The topological polar surface area (TPSA) is 78.1 Å². The van der Waals surface area contributed by atoms with Crippen molar-refractivity contribution < 1.29 is 9.59 Å². The summed E-state index contributed by atoms with van der Waals surface area (Å²) in [6.45, 7) is 2.57. The Morgan fingerprint density at radius 3 is 2.90 bits per heavy atom. The zero-order valence-electron chi connectivity index (χ0n) is 16.4. The van der Waals surface area contributed by atoms with Crippen LogP contribution in [0.4, 0.5) is 5.13 Å². The predicted octanol–water partition coefficient (Wildman–Crippen LogP) is 4.33. The van der Waals surface area contributed by atoms with Crippen LogP contribution in [0.15, 0.2) is 29.6 Å². The fourth-order valence-electron chi connectivity index (χ4n) is 4.74. The molecule has 6 nitrogen and oxygen atoms in total. The van der Waals surface area contributed by atoms with Gasteiger partial charge in [0.15, 0.2) is 5.13 Å². The van der Waals surface area contributed by atoms with E-state index in [1.54, 1.807) is 0 Å². The molecule has 1 saturated carbocycles. The number of aromatic amines is 1. The molecule has 1 aliphatic carbocycles. The van der Waals surface area contributed by atoms with Crippen LogP contribution < -0.4 is 5.32 Å². The third kappa shape index (κ3) is 3.33. The Kier molecular flexibility index (Phi) is 4.62. The molecule has 0 spiro atoms. The van der Waals surface area contributed by atoms with Gasteiger partial charge in [-0.2, -0.15) is 0 Å². The Morgan fingerprint density at radius 2 is 2.07 bits per heavy atom. The van der Waals surface area contributed by atoms with E-state index in [0.717, 1.165) is 40.7 Å². The molecule has 2 aromatic heterocycles. The number of thiazole rings is 1. The fraction of sp³-hybridized carbons (Fsp3) is 0.409. The minimum atomic E-state index is -0.287. The van der Waals surface area contributed by atoms with Gasteiger partial charge in [0, 0.05) is 46.5 Å². The van der Waals surface area contributed by atoms with E-state index < -0.39 is 0 Å². The average molecular weight is 409 g/mol. The second-order valence-electron chi connectivity index (χ2n) is 8.08. The predicted molar refractivity (Wildman–Crippen MR) is 115 cm³/mol.